The van der Waals surface area contributed by atoms with Crippen LogP contribution < -0.4 is 10.0 Å². The van der Waals surface area contributed by atoms with Crippen LogP contribution in [0.1, 0.15) is 24.2 Å². The van der Waals surface area contributed by atoms with Crippen LogP contribution in [0, 0.1) is 0 Å². The predicted octanol–water partition coefficient (Wildman–Crippen LogP) is 2.56. The van der Waals surface area contributed by atoms with E-state index >= 15 is 0 Å². The summed E-state index contributed by atoms with van der Waals surface area (Å²) in [6.45, 7) is 7.37. The van der Waals surface area contributed by atoms with Crippen molar-refractivity contribution in [1.82, 2.24) is 10.2 Å². The summed E-state index contributed by atoms with van der Waals surface area (Å²) >= 11 is 0. The van der Waals surface area contributed by atoms with Crippen LogP contribution in [-0.4, -0.2) is 45.4 Å². The Morgan fingerprint density at radius 2 is 1.58 bits per heavy atom. The van der Waals surface area contributed by atoms with E-state index in [0.29, 0.717) is 17.8 Å². The highest BCUT2D eigenvalue weighted by atomic mass is 32.2. The van der Waals surface area contributed by atoms with Crippen molar-refractivity contribution in [3.63, 3.8) is 0 Å². The fourth-order valence-corrected chi connectivity index (χ4v) is 3.53. The standard InChI is InChI=1S/C19H25N3O3S/c1-3-22(4-2)15-14-20-19(23)16-10-12-18(13-11-16)26(24,25)21-17-8-6-5-7-9-17/h5-13,21H,3-4,14-15H2,1-2H3,(H,20,23). The third-order valence-electron chi connectivity index (χ3n) is 4.06. The van der Waals surface area contributed by atoms with Crippen LogP contribution in [0.3, 0.4) is 0 Å². The van der Waals surface area contributed by atoms with Gasteiger partial charge in [-0.05, 0) is 49.5 Å². The zero-order chi connectivity index (χ0) is 19.0. The average Bonchev–Trinajstić information content (AvgIpc) is 2.65. The van der Waals surface area contributed by atoms with E-state index in [1.165, 1.54) is 24.3 Å². The molecule has 1 amide bonds. The van der Waals surface area contributed by atoms with Gasteiger partial charge >= 0.3 is 0 Å². The molecule has 0 aliphatic heterocycles. The Morgan fingerprint density at radius 1 is 0.962 bits per heavy atom. The van der Waals surface area contributed by atoms with Gasteiger partial charge in [0, 0.05) is 24.3 Å². The second kappa shape index (κ2) is 9.35. The van der Waals surface area contributed by atoms with Gasteiger partial charge in [-0.15, -0.1) is 0 Å². The van der Waals surface area contributed by atoms with Gasteiger partial charge in [0.05, 0.1) is 4.90 Å². The first-order valence-corrected chi connectivity index (χ1v) is 10.1. The van der Waals surface area contributed by atoms with E-state index in [0.717, 1.165) is 19.6 Å². The maximum absolute atomic E-state index is 12.4. The van der Waals surface area contributed by atoms with Gasteiger partial charge in [0.2, 0.25) is 0 Å². The number of amides is 1. The Labute approximate surface area is 155 Å². The quantitative estimate of drug-likeness (QED) is 0.706. The van der Waals surface area contributed by atoms with Crippen molar-refractivity contribution in [3.8, 4) is 0 Å². The van der Waals surface area contributed by atoms with Crippen LogP contribution in [0.25, 0.3) is 0 Å². The summed E-state index contributed by atoms with van der Waals surface area (Å²) in [5, 5.41) is 2.85. The van der Waals surface area contributed by atoms with Crippen molar-refractivity contribution in [2.75, 3.05) is 30.9 Å². The van der Waals surface area contributed by atoms with E-state index in [4.69, 9.17) is 0 Å². The summed E-state index contributed by atoms with van der Waals surface area (Å²) < 4.78 is 27.3. The summed E-state index contributed by atoms with van der Waals surface area (Å²) in [6, 6.07) is 14.6. The number of anilines is 1. The Kier molecular flexibility index (Phi) is 7.17. The first-order chi connectivity index (χ1) is 12.5. The minimum absolute atomic E-state index is 0.112. The van der Waals surface area contributed by atoms with Crippen molar-refractivity contribution >= 4 is 21.6 Å². The van der Waals surface area contributed by atoms with E-state index in [1.54, 1.807) is 24.3 Å². The number of likely N-dealkylation sites (N-methyl/N-ethyl adjacent to an activating group) is 1. The molecule has 0 aromatic heterocycles. The van der Waals surface area contributed by atoms with Crippen LogP contribution in [0.2, 0.25) is 0 Å². The molecule has 2 aromatic carbocycles. The number of nitrogens with one attached hydrogen (secondary N) is 2. The predicted molar refractivity (Wildman–Crippen MR) is 104 cm³/mol. The van der Waals surface area contributed by atoms with E-state index in [1.807, 2.05) is 6.07 Å². The monoisotopic (exact) mass is 375 g/mol. The number of sulfonamides is 1. The summed E-state index contributed by atoms with van der Waals surface area (Å²) in [6.07, 6.45) is 0. The average molecular weight is 375 g/mol. The lowest BCUT2D eigenvalue weighted by Gasteiger charge is -2.18. The molecule has 6 nitrogen and oxygen atoms in total. The molecule has 7 heteroatoms. The van der Waals surface area contributed by atoms with E-state index in [2.05, 4.69) is 28.8 Å². The first-order valence-electron chi connectivity index (χ1n) is 8.64. The molecular weight excluding hydrogens is 350 g/mol. The van der Waals surface area contributed by atoms with Gasteiger partial charge in [0.25, 0.3) is 15.9 Å². The summed E-state index contributed by atoms with van der Waals surface area (Å²) in [4.78, 5) is 14.5. The normalized spacial score (nSPS) is 11.3. The minimum atomic E-state index is -3.68. The molecule has 2 N–H and O–H groups in total. The van der Waals surface area contributed by atoms with Gasteiger partial charge in [-0.1, -0.05) is 32.0 Å². The lowest BCUT2D eigenvalue weighted by molar-refractivity contribution is 0.0949. The zero-order valence-corrected chi connectivity index (χ0v) is 15.9. The number of benzene rings is 2. The third-order valence-corrected chi connectivity index (χ3v) is 5.46. The molecule has 0 saturated heterocycles. The van der Waals surface area contributed by atoms with Crippen molar-refractivity contribution in [2.24, 2.45) is 0 Å². The number of para-hydroxylation sites is 1. The molecule has 0 atom stereocenters. The molecule has 0 radical (unpaired) electrons. The number of carbonyl (C=O) groups excluding carboxylic acids is 1. The van der Waals surface area contributed by atoms with E-state index < -0.39 is 10.0 Å². The first kappa shape index (κ1) is 19.9. The van der Waals surface area contributed by atoms with Gasteiger partial charge in [-0.2, -0.15) is 0 Å². The number of nitrogens with zero attached hydrogens (tertiary/aromatic N) is 1. The molecule has 2 aromatic rings. The van der Waals surface area contributed by atoms with Gasteiger partial charge in [0.1, 0.15) is 0 Å². The highest BCUT2D eigenvalue weighted by molar-refractivity contribution is 7.92. The minimum Gasteiger partial charge on any atom is -0.351 e. The van der Waals surface area contributed by atoms with E-state index in [9.17, 15) is 13.2 Å². The van der Waals surface area contributed by atoms with Gasteiger partial charge < -0.3 is 10.2 Å². The molecule has 0 heterocycles. The molecule has 0 unspecified atom stereocenters. The highest BCUT2D eigenvalue weighted by Gasteiger charge is 2.15. The summed E-state index contributed by atoms with van der Waals surface area (Å²) in [5.41, 5.74) is 0.925. The number of rotatable bonds is 9. The lowest BCUT2D eigenvalue weighted by Crippen LogP contribution is -2.34. The van der Waals surface area contributed by atoms with Gasteiger partial charge in [0.15, 0.2) is 0 Å². The second-order valence-corrected chi connectivity index (χ2v) is 7.46. The van der Waals surface area contributed by atoms with Crippen LogP contribution in [0.4, 0.5) is 5.69 Å². The molecule has 0 saturated carbocycles. The second-order valence-electron chi connectivity index (χ2n) is 5.78. The molecule has 26 heavy (non-hydrogen) atoms. The van der Waals surface area contributed by atoms with Crippen LogP contribution in [0.15, 0.2) is 59.5 Å². The summed E-state index contributed by atoms with van der Waals surface area (Å²) in [5.74, 6) is -0.211. The number of hydrogen-bond acceptors (Lipinski definition) is 4. The van der Waals surface area contributed by atoms with E-state index in [-0.39, 0.29) is 10.8 Å². The topological polar surface area (TPSA) is 78.5 Å². The zero-order valence-electron chi connectivity index (χ0n) is 15.1. The Morgan fingerprint density at radius 3 is 2.15 bits per heavy atom. The fourth-order valence-electron chi connectivity index (χ4n) is 2.48. The van der Waals surface area contributed by atoms with Crippen LogP contribution >= 0.6 is 0 Å². The largest absolute Gasteiger partial charge is 0.351 e. The third kappa shape index (κ3) is 5.57. The maximum atomic E-state index is 12.4. The molecule has 0 fully saturated rings. The number of carbonyl (C=O) groups is 1. The molecular formula is C19H25N3O3S. The Hall–Kier alpha value is -2.38. The molecule has 0 aliphatic rings. The molecule has 0 aliphatic carbocycles. The smallest absolute Gasteiger partial charge is 0.261 e. The molecule has 2 rings (SSSR count). The Balaban J connectivity index is 1.97. The Bertz CT molecular complexity index is 802. The van der Waals surface area contributed by atoms with Gasteiger partial charge in [-0.3, -0.25) is 9.52 Å². The molecule has 140 valence electrons. The van der Waals surface area contributed by atoms with Crippen molar-refractivity contribution < 1.29 is 13.2 Å². The number of hydrogen-bond donors (Lipinski definition) is 2. The lowest BCUT2D eigenvalue weighted by atomic mass is 10.2. The molecule has 0 bridgehead atoms. The highest BCUT2D eigenvalue weighted by Crippen LogP contribution is 2.16. The van der Waals surface area contributed by atoms with Crippen molar-refractivity contribution in [1.29, 1.82) is 0 Å². The SMILES string of the molecule is CCN(CC)CCNC(=O)c1ccc(S(=O)(=O)Nc2ccccc2)cc1. The molecule has 0 spiro atoms. The fraction of sp³-hybridized carbons (Fsp3) is 0.316. The van der Waals surface area contributed by atoms with Crippen LogP contribution in [-0.2, 0) is 10.0 Å². The summed E-state index contributed by atoms with van der Waals surface area (Å²) in [7, 11) is -3.68. The van der Waals surface area contributed by atoms with Gasteiger partial charge in [-0.25, -0.2) is 8.42 Å². The van der Waals surface area contributed by atoms with Crippen LogP contribution in [0.5, 0.6) is 0 Å². The van der Waals surface area contributed by atoms with Crippen molar-refractivity contribution in [3.05, 3.63) is 60.2 Å². The van der Waals surface area contributed by atoms with Crippen molar-refractivity contribution in [2.45, 2.75) is 18.7 Å². The maximum Gasteiger partial charge on any atom is 0.261 e.